The summed E-state index contributed by atoms with van der Waals surface area (Å²) in [6, 6.07) is 1.98. The number of aryl methyl sites for hydroxylation is 1. The Morgan fingerprint density at radius 3 is 3.09 bits per heavy atom. The van der Waals surface area contributed by atoms with E-state index in [1.807, 2.05) is 19.3 Å². The molecule has 11 heavy (non-hydrogen) atoms. The van der Waals surface area contributed by atoms with Crippen LogP contribution in [0.4, 0.5) is 0 Å². The average molecular weight is 259 g/mol. The molecule has 0 aromatic carbocycles. The van der Waals surface area contributed by atoms with Gasteiger partial charge in [-0.3, -0.25) is 4.68 Å². The van der Waals surface area contributed by atoms with Crippen LogP contribution >= 0.6 is 22.6 Å². The van der Waals surface area contributed by atoms with Crippen molar-refractivity contribution >= 4 is 22.6 Å². The number of halogens is 1. The zero-order chi connectivity index (χ0) is 7.84. The van der Waals surface area contributed by atoms with Crippen LogP contribution in [-0.4, -0.2) is 14.8 Å². The molecular formula is C7H6IN3. The fourth-order valence-corrected chi connectivity index (χ4v) is 1.60. The van der Waals surface area contributed by atoms with E-state index in [1.54, 1.807) is 10.9 Å². The third kappa shape index (κ3) is 1.01. The van der Waals surface area contributed by atoms with Crippen LogP contribution in [0.3, 0.4) is 0 Å². The van der Waals surface area contributed by atoms with Crippen molar-refractivity contribution in [1.82, 2.24) is 14.8 Å². The molecule has 0 unspecified atom stereocenters. The van der Waals surface area contributed by atoms with Gasteiger partial charge in [0, 0.05) is 28.6 Å². The van der Waals surface area contributed by atoms with Gasteiger partial charge in [0.05, 0.1) is 0 Å². The van der Waals surface area contributed by atoms with Crippen LogP contribution in [0.2, 0.25) is 0 Å². The minimum Gasteiger partial charge on any atom is -0.251 e. The van der Waals surface area contributed by atoms with Gasteiger partial charge in [0.15, 0.2) is 5.82 Å². The highest BCUT2D eigenvalue weighted by Gasteiger charge is 2.10. The van der Waals surface area contributed by atoms with Crippen LogP contribution in [0.5, 0.6) is 0 Å². The van der Waals surface area contributed by atoms with Gasteiger partial charge < -0.3 is 0 Å². The van der Waals surface area contributed by atoms with Gasteiger partial charge in [0.1, 0.15) is 0 Å². The molecular weight excluding hydrogens is 253 g/mol. The molecule has 0 radical (unpaired) electrons. The van der Waals surface area contributed by atoms with E-state index in [2.05, 4.69) is 32.7 Å². The lowest BCUT2D eigenvalue weighted by Crippen LogP contribution is -2.00. The third-order valence-corrected chi connectivity index (χ3v) is 2.45. The van der Waals surface area contributed by atoms with E-state index in [0.717, 1.165) is 5.82 Å². The molecule has 2 aliphatic rings. The van der Waals surface area contributed by atoms with Crippen molar-refractivity contribution in [2.24, 2.45) is 7.05 Å². The Bertz CT molecular complexity index is 355. The fraction of sp³-hybridized carbons (Fsp3) is 0.143. The fourth-order valence-electron chi connectivity index (χ4n) is 1.04. The molecule has 0 aromatic heterocycles. The number of rotatable bonds is 0. The highest BCUT2D eigenvalue weighted by Crippen LogP contribution is 2.23. The maximum atomic E-state index is 4.21. The molecule has 2 aliphatic heterocycles. The first-order chi connectivity index (χ1) is 5.29. The maximum absolute atomic E-state index is 4.21. The number of hydrogen-bond donors (Lipinski definition) is 0. The van der Waals surface area contributed by atoms with Crippen molar-refractivity contribution in [1.29, 1.82) is 0 Å². The summed E-state index contributed by atoms with van der Waals surface area (Å²) in [4.78, 5) is 4.21. The van der Waals surface area contributed by atoms with E-state index in [1.165, 1.54) is 9.13 Å². The molecule has 0 saturated carbocycles. The van der Waals surface area contributed by atoms with Crippen molar-refractivity contribution in [2.75, 3.05) is 0 Å². The Morgan fingerprint density at radius 1 is 1.55 bits per heavy atom. The highest BCUT2D eigenvalue weighted by atomic mass is 127. The van der Waals surface area contributed by atoms with Crippen molar-refractivity contribution in [3.05, 3.63) is 22.0 Å². The predicted molar refractivity (Wildman–Crippen MR) is 50.3 cm³/mol. The molecule has 0 bridgehead atoms. The maximum Gasteiger partial charge on any atom is 0.157 e. The quantitative estimate of drug-likeness (QED) is 0.671. The van der Waals surface area contributed by atoms with Crippen LogP contribution in [-0.2, 0) is 7.05 Å². The van der Waals surface area contributed by atoms with E-state index < -0.39 is 0 Å². The van der Waals surface area contributed by atoms with Gasteiger partial charge in [-0.1, -0.05) is 0 Å². The minimum atomic E-state index is 0.942. The van der Waals surface area contributed by atoms with Gasteiger partial charge in [-0.2, -0.15) is 5.10 Å². The second kappa shape index (κ2) is 2.44. The molecule has 0 spiro atoms. The number of fused-ring (bicyclic) bond motifs is 1. The van der Waals surface area contributed by atoms with Crippen LogP contribution in [0, 0.1) is 3.57 Å². The molecule has 0 saturated heterocycles. The highest BCUT2D eigenvalue weighted by molar-refractivity contribution is 14.1. The molecule has 0 aromatic rings. The van der Waals surface area contributed by atoms with E-state index >= 15 is 0 Å². The summed E-state index contributed by atoms with van der Waals surface area (Å²) in [5.41, 5.74) is 1.17. The first-order valence-electron chi connectivity index (χ1n) is 3.21. The zero-order valence-electron chi connectivity index (χ0n) is 5.95. The Balaban J connectivity index is 2.79. The van der Waals surface area contributed by atoms with Crippen molar-refractivity contribution in [2.45, 2.75) is 0 Å². The molecule has 2 heterocycles. The van der Waals surface area contributed by atoms with E-state index in [4.69, 9.17) is 0 Å². The Labute approximate surface area is 77.9 Å². The van der Waals surface area contributed by atoms with Crippen LogP contribution in [0.1, 0.15) is 0 Å². The summed E-state index contributed by atoms with van der Waals surface area (Å²) >= 11 is 2.27. The smallest absolute Gasteiger partial charge is 0.157 e. The van der Waals surface area contributed by atoms with Gasteiger partial charge >= 0.3 is 0 Å². The monoisotopic (exact) mass is 259 g/mol. The second-order valence-corrected chi connectivity index (χ2v) is 3.46. The van der Waals surface area contributed by atoms with Gasteiger partial charge in [-0.05, 0) is 28.7 Å². The second-order valence-electron chi connectivity index (χ2n) is 2.30. The third-order valence-electron chi connectivity index (χ3n) is 1.59. The Morgan fingerprint density at radius 2 is 2.36 bits per heavy atom. The first kappa shape index (κ1) is 7.02. The van der Waals surface area contributed by atoms with E-state index in [-0.39, 0.29) is 0 Å². The standard InChI is InChI=1S/C7H6IN3/c1-11-7-5(2-3-10-11)6(8)4-9-7/h2-4H,1H3. The molecule has 3 nitrogen and oxygen atoms in total. The minimum absolute atomic E-state index is 0.942. The molecule has 0 fully saturated rings. The van der Waals surface area contributed by atoms with E-state index in [0.29, 0.717) is 0 Å². The summed E-state index contributed by atoms with van der Waals surface area (Å²) in [6.07, 6.45) is 3.64. The molecule has 2 rings (SSSR count). The van der Waals surface area contributed by atoms with Crippen molar-refractivity contribution in [3.8, 4) is 11.4 Å². The van der Waals surface area contributed by atoms with Crippen LogP contribution < -0.4 is 0 Å². The van der Waals surface area contributed by atoms with Crippen molar-refractivity contribution < 1.29 is 0 Å². The number of nitrogens with zero attached hydrogens (tertiary/aromatic N) is 3. The largest absolute Gasteiger partial charge is 0.251 e. The van der Waals surface area contributed by atoms with Gasteiger partial charge in [0.2, 0.25) is 0 Å². The summed E-state index contributed by atoms with van der Waals surface area (Å²) in [5, 5.41) is 4.07. The molecule has 56 valence electrons. The topological polar surface area (TPSA) is 30.7 Å². The summed E-state index contributed by atoms with van der Waals surface area (Å²) < 4.78 is 2.95. The molecule has 4 heteroatoms. The summed E-state index contributed by atoms with van der Waals surface area (Å²) in [5.74, 6) is 0.942. The Hall–Kier alpha value is -0.650. The molecule has 0 N–H and O–H groups in total. The summed E-state index contributed by atoms with van der Waals surface area (Å²) in [6.45, 7) is 0. The van der Waals surface area contributed by atoms with Crippen LogP contribution in [0.15, 0.2) is 18.5 Å². The first-order valence-corrected chi connectivity index (χ1v) is 4.29. The van der Waals surface area contributed by atoms with Crippen molar-refractivity contribution in [3.63, 3.8) is 0 Å². The Kier molecular flexibility index (Phi) is 1.56. The molecule has 0 aliphatic carbocycles. The van der Waals surface area contributed by atoms with Gasteiger partial charge in [-0.25, -0.2) is 4.98 Å². The normalized spacial score (nSPS) is 10.7. The lowest BCUT2D eigenvalue weighted by Gasteiger charge is -2.02. The molecule has 0 amide bonds. The summed E-state index contributed by atoms with van der Waals surface area (Å²) in [7, 11) is 1.89. The zero-order valence-corrected chi connectivity index (χ0v) is 8.11. The lowest BCUT2D eigenvalue weighted by atomic mass is 10.3. The number of hydrogen-bond acceptors (Lipinski definition) is 2. The van der Waals surface area contributed by atoms with Gasteiger partial charge in [-0.15, -0.1) is 0 Å². The molecule has 0 atom stereocenters. The predicted octanol–water partition coefficient (Wildman–Crippen LogP) is 1.52. The lowest BCUT2D eigenvalue weighted by molar-refractivity contribution is 0.734. The van der Waals surface area contributed by atoms with Gasteiger partial charge in [0.25, 0.3) is 0 Å². The van der Waals surface area contributed by atoms with Crippen LogP contribution in [0.25, 0.3) is 11.4 Å². The average Bonchev–Trinajstić information content (AvgIpc) is 2.35. The van der Waals surface area contributed by atoms with E-state index in [9.17, 15) is 0 Å². The number of aromatic nitrogens is 3. The SMILES string of the molecule is Cn1nccc2c(I)cnc1-2.